The van der Waals surface area contributed by atoms with Gasteiger partial charge in [0, 0.05) is 11.8 Å². The topological polar surface area (TPSA) is 38.0 Å². The van der Waals surface area contributed by atoms with Crippen LogP contribution in [0.1, 0.15) is 17.5 Å². The standard InChI is InChI=1S/C15H14BrFN2/c16-12-7-14(18)15(8-13(12)17)19-11-5-4-9-2-1-3-10(9)6-11/h4-8,19H,1-3,18H2. The zero-order chi connectivity index (χ0) is 13.4. The predicted molar refractivity (Wildman–Crippen MR) is 80.3 cm³/mol. The van der Waals surface area contributed by atoms with E-state index in [4.69, 9.17) is 5.73 Å². The van der Waals surface area contributed by atoms with Gasteiger partial charge in [-0.1, -0.05) is 6.07 Å². The van der Waals surface area contributed by atoms with Crippen LogP contribution in [-0.2, 0) is 12.8 Å². The largest absolute Gasteiger partial charge is 0.397 e. The molecule has 0 saturated heterocycles. The summed E-state index contributed by atoms with van der Waals surface area (Å²) >= 11 is 3.12. The van der Waals surface area contributed by atoms with E-state index >= 15 is 0 Å². The van der Waals surface area contributed by atoms with Crippen molar-refractivity contribution in [2.24, 2.45) is 0 Å². The van der Waals surface area contributed by atoms with Crippen LogP contribution in [0.25, 0.3) is 0 Å². The van der Waals surface area contributed by atoms with E-state index in [2.05, 4.69) is 33.4 Å². The minimum absolute atomic E-state index is 0.321. The van der Waals surface area contributed by atoms with Gasteiger partial charge in [0.05, 0.1) is 15.8 Å². The molecule has 98 valence electrons. The molecule has 19 heavy (non-hydrogen) atoms. The lowest BCUT2D eigenvalue weighted by Crippen LogP contribution is -1.98. The summed E-state index contributed by atoms with van der Waals surface area (Å²) in [4.78, 5) is 0. The molecule has 4 heteroatoms. The average Bonchev–Trinajstić information content (AvgIpc) is 2.83. The lowest BCUT2D eigenvalue weighted by molar-refractivity contribution is 0.622. The molecule has 0 amide bonds. The first-order valence-electron chi connectivity index (χ1n) is 6.27. The molecule has 0 atom stereocenters. The first kappa shape index (κ1) is 12.5. The summed E-state index contributed by atoms with van der Waals surface area (Å²) < 4.78 is 13.9. The molecule has 1 aliphatic carbocycles. The minimum atomic E-state index is -0.321. The van der Waals surface area contributed by atoms with Crippen molar-refractivity contribution >= 4 is 33.0 Å². The van der Waals surface area contributed by atoms with Crippen LogP contribution < -0.4 is 11.1 Å². The van der Waals surface area contributed by atoms with Crippen LogP contribution >= 0.6 is 15.9 Å². The maximum atomic E-state index is 13.5. The van der Waals surface area contributed by atoms with Gasteiger partial charge in [0.2, 0.25) is 0 Å². The number of fused-ring (bicyclic) bond motifs is 1. The highest BCUT2D eigenvalue weighted by Gasteiger charge is 2.12. The normalized spacial score (nSPS) is 13.4. The first-order chi connectivity index (χ1) is 9.13. The Balaban J connectivity index is 1.91. The van der Waals surface area contributed by atoms with Crippen molar-refractivity contribution in [1.82, 2.24) is 0 Å². The van der Waals surface area contributed by atoms with Crippen molar-refractivity contribution in [3.63, 3.8) is 0 Å². The highest BCUT2D eigenvalue weighted by molar-refractivity contribution is 9.10. The van der Waals surface area contributed by atoms with E-state index in [-0.39, 0.29) is 5.82 Å². The van der Waals surface area contributed by atoms with Gasteiger partial charge in [-0.25, -0.2) is 4.39 Å². The maximum Gasteiger partial charge on any atom is 0.139 e. The molecule has 0 spiro atoms. The summed E-state index contributed by atoms with van der Waals surface area (Å²) in [6.07, 6.45) is 3.49. The number of benzene rings is 2. The van der Waals surface area contributed by atoms with Crippen molar-refractivity contribution in [3.8, 4) is 0 Å². The Bertz CT molecular complexity index is 640. The highest BCUT2D eigenvalue weighted by atomic mass is 79.9. The Kier molecular flexibility index (Phi) is 3.19. The molecule has 0 aliphatic heterocycles. The van der Waals surface area contributed by atoms with Crippen LogP contribution in [0.5, 0.6) is 0 Å². The van der Waals surface area contributed by atoms with Gasteiger partial charge >= 0.3 is 0 Å². The quantitative estimate of drug-likeness (QED) is 0.805. The fourth-order valence-corrected chi connectivity index (χ4v) is 2.84. The molecule has 0 saturated carbocycles. The Morgan fingerprint density at radius 1 is 1.11 bits per heavy atom. The molecule has 0 heterocycles. The predicted octanol–water partition coefficient (Wildman–Crippen LogP) is 4.40. The van der Waals surface area contributed by atoms with Gasteiger partial charge in [-0.2, -0.15) is 0 Å². The zero-order valence-electron chi connectivity index (χ0n) is 10.3. The van der Waals surface area contributed by atoms with Gasteiger partial charge in [-0.15, -0.1) is 0 Å². The molecule has 0 radical (unpaired) electrons. The van der Waals surface area contributed by atoms with E-state index in [9.17, 15) is 4.39 Å². The summed E-state index contributed by atoms with van der Waals surface area (Å²) in [6, 6.07) is 9.26. The van der Waals surface area contributed by atoms with E-state index in [0.29, 0.717) is 15.8 Å². The highest BCUT2D eigenvalue weighted by Crippen LogP contribution is 2.31. The van der Waals surface area contributed by atoms with Crippen LogP contribution in [-0.4, -0.2) is 0 Å². The second kappa shape index (κ2) is 4.85. The summed E-state index contributed by atoms with van der Waals surface area (Å²) in [6.45, 7) is 0. The van der Waals surface area contributed by atoms with Crippen molar-refractivity contribution in [2.45, 2.75) is 19.3 Å². The van der Waals surface area contributed by atoms with Crippen LogP contribution in [0.4, 0.5) is 21.5 Å². The molecule has 2 aromatic rings. The monoisotopic (exact) mass is 320 g/mol. The summed E-state index contributed by atoms with van der Waals surface area (Å²) in [5, 5.41) is 3.18. The molecule has 3 rings (SSSR count). The summed E-state index contributed by atoms with van der Waals surface area (Å²) in [7, 11) is 0. The van der Waals surface area contributed by atoms with Gasteiger partial charge in [-0.05, 0) is 64.5 Å². The van der Waals surface area contributed by atoms with Gasteiger partial charge in [-0.3, -0.25) is 0 Å². The number of nitrogen functional groups attached to an aromatic ring is 1. The fraction of sp³-hybridized carbons (Fsp3) is 0.200. The van der Waals surface area contributed by atoms with Crippen molar-refractivity contribution in [1.29, 1.82) is 0 Å². The van der Waals surface area contributed by atoms with Crippen molar-refractivity contribution in [2.75, 3.05) is 11.1 Å². The molecule has 3 N–H and O–H groups in total. The second-order valence-corrected chi connectivity index (χ2v) is 5.67. The Morgan fingerprint density at radius 2 is 1.89 bits per heavy atom. The molecular formula is C15H14BrFN2. The summed E-state index contributed by atoms with van der Waals surface area (Å²) in [5.41, 5.74) is 10.8. The SMILES string of the molecule is Nc1cc(Br)c(F)cc1Nc1ccc2c(c1)CCC2. The average molecular weight is 321 g/mol. The smallest absolute Gasteiger partial charge is 0.139 e. The molecule has 0 fully saturated rings. The van der Waals surface area contributed by atoms with Gasteiger partial charge < -0.3 is 11.1 Å². The lowest BCUT2D eigenvalue weighted by Gasteiger charge is -2.11. The van der Waals surface area contributed by atoms with E-state index in [1.165, 1.54) is 23.6 Å². The molecule has 2 aromatic carbocycles. The van der Waals surface area contributed by atoms with E-state index in [1.54, 1.807) is 6.07 Å². The third kappa shape index (κ3) is 2.45. The third-order valence-electron chi connectivity index (χ3n) is 3.47. The third-order valence-corrected chi connectivity index (χ3v) is 4.08. The fourth-order valence-electron chi connectivity index (χ4n) is 2.48. The number of hydrogen-bond donors (Lipinski definition) is 2. The first-order valence-corrected chi connectivity index (χ1v) is 7.06. The Labute approximate surface area is 120 Å². The molecule has 0 aromatic heterocycles. The zero-order valence-corrected chi connectivity index (χ0v) is 11.9. The number of halogens is 2. The number of nitrogens with two attached hydrogens (primary N) is 1. The number of aryl methyl sites for hydroxylation is 2. The molecular weight excluding hydrogens is 307 g/mol. The number of anilines is 3. The van der Waals surface area contributed by atoms with Gasteiger partial charge in [0.1, 0.15) is 5.82 Å². The van der Waals surface area contributed by atoms with E-state index in [1.807, 2.05) is 6.07 Å². The van der Waals surface area contributed by atoms with Gasteiger partial charge in [0.25, 0.3) is 0 Å². The van der Waals surface area contributed by atoms with Gasteiger partial charge in [0.15, 0.2) is 0 Å². The van der Waals surface area contributed by atoms with Crippen molar-refractivity contribution < 1.29 is 4.39 Å². The molecule has 0 unspecified atom stereocenters. The number of nitrogens with one attached hydrogen (secondary N) is 1. The maximum absolute atomic E-state index is 13.5. The Morgan fingerprint density at radius 3 is 2.74 bits per heavy atom. The lowest BCUT2D eigenvalue weighted by atomic mass is 10.1. The van der Waals surface area contributed by atoms with Crippen molar-refractivity contribution in [3.05, 3.63) is 51.7 Å². The molecule has 2 nitrogen and oxygen atoms in total. The number of rotatable bonds is 2. The Hall–Kier alpha value is -1.55. The molecule has 0 bridgehead atoms. The number of hydrogen-bond acceptors (Lipinski definition) is 2. The van der Waals surface area contributed by atoms with Crippen LogP contribution in [0, 0.1) is 5.82 Å². The van der Waals surface area contributed by atoms with E-state index < -0.39 is 0 Å². The second-order valence-electron chi connectivity index (χ2n) is 4.82. The van der Waals surface area contributed by atoms with Crippen LogP contribution in [0.3, 0.4) is 0 Å². The summed E-state index contributed by atoms with van der Waals surface area (Å²) in [5.74, 6) is -0.321. The molecule has 1 aliphatic rings. The van der Waals surface area contributed by atoms with Crippen LogP contribution in [0.15, 0.2) is 34.8 Å². The van der Waals surface area contributed by atoms with Crippen LogP contribution in [0.2, 0.25) is 0 Å². The van der Waals surface area contributed by atoms with E-state index in [0.717, 1.165) is 18.5 Å². The minimum Gasteiger partial charge on any atom is -0.397 e.